The van der Waals surface area contributed by atoms with Crippen LogP contribution in [-0.2, 0) is 0 Å². The van der Waals surface area contributed by atoms with E-state index < -0.39 is 12.1 Å². The van der Waals surface area contributed by atoms with Gasteiger partial charge in [-0.05, 0) is 44.2 Å². The van der Waals surface area contributed by atoms with Crippen molar-refractivity contribution < 1.29 is 13.2 Å². The number of nitrogens with zero attached hydrogens (tertiary/aromatic N) is 1. The van der Waals surface area contributed by atoms with E-state index in [2.05, 4.69) is 29.3 Å². The zero-order chi connectivity index (χ0) is 16.3. The highest BCUT2D eigenvalue weighted by Crippen LogP contribution is 2.38. The molecule has 1 aromatic carbocycles. The highest BCUT2D eigenvalue weighted by atomic mass is 19.4. The number of hydrogen-bond acceptors (Lipinski definition) is 2. The van der Waals surface area contributed by atoms with Gasteiger partial charge in [-0.15, -0.1) is 0 Å². The topological polar surface area (TPSA) is 15.3 Å². The Morgan fingerprint density at radius 3 is 2.23 bits per heavy atom. The van der Waals surface area contributed by atoms with Gasteiger partial charge in [0.05, 0.1) is 5.92 Å². The summed E-state index contributed by atoms with van der Waals surface area (Å²) >= 11 is 0. The number of anilines is 1. The summed E-state index contributed by atoms with van der Waals surface area (Å²) in [4.78, 5) is 2.06. The number of benzene rings is 1. The minimum absolute atomic E-state index is 0.131. The van der Waals surface area contributed by atoms with Crippen LogP contribution in [0.3, 0.4) is 0 Å². The molecule has 0 aromatic heterocycles. The van der Waals surface area contributed by atoms with Gasteiger partial charge in [-0.3, -0.25) is 0 Å². The fraction of sp³-hybridized carbons (Fsp3) is 0.647. The van der Waals surface area contributed by atoms with Crippen molar-refractivity contribution in [2.75, 3.05) is 19.0 Å². The molecule has 0 aliphatic heterocycles. The highest BCUT2D eigenvalue weighted by Gasteiger charge is 2.41. The van der Waals surface area contributed by atoms with Crippen molar-refractivity contribution >= 4 is 5.69 Å². The van der Waals surface area contributed by atoms with Gasteiger partial charge in [-0.25, -0.2) is 0 Å². The summed E-state index contributed by atoms with van der Waals surface area (Å²) in [6.07, 6.45) is -2.36. The molecule has 1 saturated carbocycles. The Kier molecular flexibility index (Phi) is 5.37. The highest BCUT2D eigenvalue weighted by molar-refractivity contribution is 5.53. The Labute approximate surface area is 130 Å². The van der Waals surface area contributed by atoms with E-state index in [1.807, 2.05) is 26.2 Å². The van der Waals surface area contributed by atoms with Gasteiger partial charge in [-0.2, -0.15) is 13.2 Å². The van der Waals surface area contributed by atoms with Crippen LogP contribution >= 0.6 is 0 Å². The number of nitrogens with one attached hydrogen (secondary N) is 1. The SMILES string of the molecule is C[C@H](NC1CCC(C(F)(F)F)CC1)c1ccccc1N(C)C. The minimum Gasteiger partial charge on any atom is -0.377 e. The fourth-order valence-electron chi connectivity index (χ4n) is 3.29. The minimum atomic E-state index is -4.03. The molecule has 2 nitrogen and oxygen atoms in total. The molecule has 2 rings (SSSR count). The van der Waals surface area contributed by atoms with Crippen LogP contribution in [0.2, 0.25) is 0 Å². The van der Waals surface area contributed by atoms with E-state index in [1.165, 1.54) is 5.56 Å². The first-order valence-electron chi connectivity index (χ1n) is 7.88. The van der Waals surface area contributed by atoms with Crippen molar-refractivity contribution in [3.05, 3.63) is 29.8 Å². The van der Waals surface area contributed by atoms with Crippen LogP contribution in [0, 0.1) is 5.92 Å². The van der Waals surface area contributed by atoms with Crippen molar-refractivity contribution in [2.24, 2.45) is 5.92 Å². The van der Waals surface area contributed by atoms with E-state index in [0.29, 0.717) is 12.8 Å². The predicted octanol–water partition coefficient (Wildman–Crippen LogP) is 4.52. The normalized spacial score (nSPS) is 24.1. The van der Waals surface area contributed by atoms with Crippen LogP contribution in [-0.4, -0.2) is 26.3 Å². The molecule has 1 aliphatic rings. The lowest BCUT2D eigenvalue weighted by Gasteiger charge is -2.33. The number of rotatable bonds is 4. The van der Waals surface area contributed by atoms with Gasteiger partial charge >= 0.3 is 6.18 Å². The average molecular weight is 314 g/mol. The largest absolute Gasteiger partial charge is 0.391 e. The van der Waals surface area contributed by atoms with E-state index in [9.17, 15) is 13.2 Å². The van der Waals surface area contributed by atoms with Crippen LogP contribution < -0.4 is 10.2 Å². The lowest BCUT2D eigenvalue weighted by molar-refractivity contribution is -0.182. The molecular formula is C17H25F3N2. The van der Waals surface area contributed by atoms with Gasteiger partial charge < -0.3 is 10.2 Å². The maximum absolute atomic E-state index is 12.7. The molecule has 1 atom stereocenters. The quantitative estimate of drug-likeness (QED) is 0.879. The maximum Gasteiger partial charge on any atom is 0.391 e. The lowest BCUT2D eigenvalue weighted by Crippen LogP contribution is -2.38. The molecular weight excluding hydrogens is 289 g/mol. The van der Waals surface area contributed by atoms with E-state index in [0.717, 1.165) is 5.69 Å². The third-order valence-electron chi connectivity index (χ3n) is 4.56. The Hall–Kier alpha value is -1.23. The molecule has 124 valence electrons. The Bertz CT molecular complexity index is 477. The molecule has 0 spiro atoms. The maximum atomic E-state index is 12.7. The molecule has 22 heavy (non-hydrogen) atoms. The molecule has 0 amide bonds. The lowest BCUT2D eigenvalue weighted by atomic mass is 9.85. The summed E-state index contributed by atoms with van der Waals surface area (Å²) < 4.78 is 38.1. The molecule has 0 heterocycles. The summed E-state index contributed by atoms with van der Waals surface area (Å²) in [5, 5.41) is 3.51. The Morgan fingerprint density at radius 2 is 1.68 bits per heavy atom. The smallest absolute Gasteiger partial charge is 0.377 e. The molecule has 1 aromatic rings. The van der Waals surface area contributed by atoms with Gasteiger partial charge in [0.25, 0.3) is 0 Å². The van der Waals surface area contributed by atoms with Crippen molar-refractivity contribution in [1.29, 1.82) is 0 Å². The van der Waals surface area contributed by atoms with Crippen LogP contribution in [0.4, 0.5) is 18.9 Å². The Balaban J connectivity index is 1.95. The molecule has 0 bridgehead atoms. The second kappa shape index (κ2) is 6.90. The van der Waals surface area contributed by atoms with Crippen molar-refractivity contribution in [3.63, 3.8) is 0 Å². The molecule has 5 heteroatoms. The van der Waals surface area contributed by atoms with E-state index in [4.69, 9.17) is 0 Å². The number of hydrogen-bond donors (Lipinski definition) is 1. The van der Waals surface area contributed by atoms with Gasteiger partial charge in [-0.1, -0.05) is 18.2 Å². The first-order valence-corrected chi connectivity index (χ1v) is 7.88. The zero-order valence-electron chi connectivity index (χ0n) is 13.5. The van der Waals surface area contributed by atoms with Crippen molar-refractivity contribution in [2.45, 2.75) is 50.9 Å². The second-order valence-electron chi connectivity index (χ2n) is 6.43. The molecule has 0 saturated heterocycles. The van der Waals surface area contributed by atoms with Gasteiger partial charge in [0.15, 0.2) is 0 Å². The van der Waals surface area contributed by atoms with Gasteiger partial charge in [0.1, 0.15) is 0 Å². The Morgan fingerprint density at radius 1 is 1.09 bits per heavy atom. The third kappa shape index (κ3) is 4.15. The summed E-state index contributed by atoms with van der Waals surface area (Å²) in [6, 6.07) is 8.44. The van der Waals surface area contributed by atoms with E-state index in [-0.39, 0.29) is 24.9 Å². The fourth-order valence-corrected chi connectivity index (χ4v) is 3.29. The molecule has 1 aliphatic carbocycles. The van der Waals surface area contributed by atoms with Crippen LogP contribution in [0.1, 0.15) is 44.2 Å². The second-order valence-corrected chi connectivity index (χ2v) is 6.43. The average Bonchev–Trinajstić information content (AvgIpc) is 2.46. The standard InChI is InChI=1S/C17H25F3N2/c1-12(15-6-4-5-7-16(15)22(2)3)21-14-10-8-13(9-11-14)17(18,19)20/h4-7,12-14,21H,8-11H2,1-3H3/t12-,13?,14?/m0/s1. The van der Waals surface area contributed by atoms with Crippen molar-refractivity contribution in [3.8, 4) is 0 Å². The molecule has 0 radical (unpaired) electrons. The predicted molar refractivity (Wildman–Crippen MR) is 84.1 cm³/mol. The van der Waals surface area contributed by atoms with Crippen LogP contribution in [0.5, 0.6) is 0 Å². The van der Waals surface area contributed by atoms with Crippen molar-refractivity contribution in [1.82, 2.24) is 5.32 Å². The first-order chi connectivity index (χ1) is 10.3. The number of halogens is 3. The summed E-state index contributed by atoms with van der Waals surface area (Å²) in [6.45, 7) is 2.08. The van der Waals surface area contributed by atoms with E-state index >= 15 is 0 Å². The monoisotopic (exact) mass is 314 g/mol. The van der Waals surface area contributed by atoms with Gasteiger partial charge in [0.2, 0.25) is 0 Å². The summed E-state index contributed by atoms with van der Waals surface area (Å²) in [5.41, 5.74) is 2.33. The van der Waals surface area contributed by atoms with Crippen LogP contribution in [0.15, 0.2) is 24.3 Å². The summed E-state index contributed by atoms with van der Waals surface area (Å²) in [5.74, 6) is -1.12. The number of para-hydroxylation sites is 1. The molecule has 1 fully saturated rings. The third-order valence-corrected chi connectivity index (χ3v) is 4.56. The molecule has 0 unspecified atom stereocenters. The summed E-state index contributed by atoms with van der Waals surface area (Å²) in [7, 11) is 4.00. The first kappa shape index (κ1) is 17.1. The van der Waals surface area contributed by atoms with E-state index in [1.54, 1.807) is 0 Å². The van der Waals surface area contributed by atoms with Gasteiger partial charge in [0, 0.05) is 31.9 Å². The number of alkyl halides is 3. The van der Waals surface area contributed by atoms with Crippen LogP contribution in [0.25, 0.3) is 0 Å². The zero-order valence-corrected chi connectivity index (χ0v) is 13.5. The molecule has 1 N–H and O–H groups in total.